The summed E-state index contributed by atoms with van der Waals surface area (Å²) < 4.78 is 29.1. The second-order valence-electron chi connectivity index (χ2n) is 10.5. The van der Waals surface area contributed by atoms with Crippen molar-refractivity contribution in [2.75, 3.05) is 47.6 Å². The number of hydrogen-bond acceptors (Lipinski definition) is 7. The largest absolute Gasteiger partial charge is 0.496 e. The van der Waals surface area contributed by atoms with Crippen molar-refractivity contribution in [1.82, 2.24) is 10.2 Å². The van der Waals surface area contributed by atoms with Gasteiger partial charge in [0.15, 0.2) is 23.0 Å². The fourth-order valence-electron chi connectivity index (χ4n) is 6.07. The second-order valence-corrected chi connectivity index (χ2v) is 10.5. The molecule has 3 aromatic rings. The van der Waals surface area contributed by atoms with Crippen LogP contribution in [0.25, 0.3) is 0 Å². The molecule has 2 amide bonds. The highest BCUT2D eigenvalue weighted by molar-refractivity contribution is 5.98. The maximum Gasteiger partial charge on any atom is 0.257 e. The molecular formula is C31H32N2O7. The van der Waals surface area contributed by atoms with E-state index in [1.165, 1.54) is 21.3 Å². The van der Waals surface area contributed by atoms with Gasteiger partial charge in [0.25, 0.3) is 5.91 Å². The van der Waals surface area contributed by atoms with Gasteiger partial charge in [0.2, 0.25) is 5.91 Å². The van der Waals surface area contributed by atoms with E-state index in [4.69, 9.17) is 23.7 Å². The molecule has 1 N–H and O–H groups in total. The van der Waals surface area contributed by atoms with Crippen molar-refractivity contribution in [3.63, 3.8) is 0 Å². The van der Waals surface area contributed by atoms with Gasteiger partial charge in [-0.25, -0.2) is 0 Å². The smallest absolute Gasteiger partial charge is 0.257 e. The lowest BCUT2D eigenvalue weighted by Gasteiger charge is -2.39. The molecule has 2 atom stereocenters. The third-order valence-corrected chi connectivity index (χ3v) is 8.16. The number of aryl methyl sites for hydroxylation is 1. The van der Waals surface area contributed by atoms with Crippen LogP contribution in [0.1, 0.15) is 33.8 Å². The summed E-state index contributed by atoms with van der Waals surface area (Å²) in [7, 11) is 4.59. The number of amides is 2. The second kappa shape index (κ2) is 10.3. The molecule has 0 unspecified atom stereocenters. The number of benzene rings is 3. The first-order valence-electron chi connectivity index (χ1n) is 13.3. The molecule has 0 radical (unpaired) electrons. The lowest BCUT2D eigenvalue weighted by Crippen LogP contribution is -2.48. The number of likely N-dealkylation sites (tertiary alicyclic amines) is 1. The first-order valence-corrected chi connectivity index (χ1v) is 13.3. The third-order valence-electron chi connectivity index (χ3n) is 8.16. The van der Waals surface area contributed by atoms with Gasteiger partial charge in [-0.05, 0) is 30.2 Å². The quantitative estimate of drug-likeness (QED) is 0.526. The Morgan fingerprint density at radius 2 is 1.75 bits per heavy atom. The Morgan fingerprint density at radius 1 is 0.975 bits per heavy atom. The van der Waals surface area contributed by atoms with Gasteiger partial charge in [0.1, 0.15) is 11.5 Å². The first kappa shape index (κ1) is 25.9. The number of nitrogens with one attached hydrogen (secondary N) is 1. The van der Waals surface area contributed by atoms with Crippen LogP contribution in [-0.4, -0.2) is 64.3 Å². The zero-order valence-electron chi connectivity index (χ0n) is 22.8. The van der Waals surface area contributed by atoms with Crippen molar-refractivity contribution in [3.8, 4) is 34.5 Å². The van der Waals surface area contributed by atoms with Crippen molar-refractivity contribution < 1.29 is 33.3 Å². The van der Waals surface area contributed by atoms with Gasteiger partial charge in [0.05, 0.1) is 33.5 Å². The van der Waals surface area contributed by atoms with Crippen LogP contribution in [0.2, 0.25) is 0 Å². The van der Waals surface area contributed by atoms with Gasteiger partial charge in [-0.3, -0.25) is 9.59 Å². The van der Waals surface area contributed by atoms with E-state index in [9.17, 15) is 9.59 Å². The van der Waals surface area contributed by atoms with Gasteiger partial charge in [-0.2, -0.15) is 0 Å². The molecule has 3 aliphatic heterocycles. The molecule has 3 aromatic carbocycles. The Hall–Kier alpha value is -4.40. The van der Waals surface area contributed by atoms with Crippen LogP contribution < -0.4 is 29.0 Å². The van der Waals surface area contributed by atoms with E-state index < -0.39 is 5.41 Å². The van der Waals surface area contributed by atoms with E-state index in [0.717, 1.165) is 11.1 Å². The van der Waals surface area contributed by atoms with Gasteiger partial charge < -0.3 is 33.9 Å². The van der Waals surface area contributed by atoms with E-state index in [0.29, 0.717) is 79.1 Å². The average molecular weight is 545 g/mol. The van der Waals surface area contributed by atoms with Crippen LogP contribution in [0.3, 0.4) is 0 Å². The van der Waals surface area contributed by atoms with Gasteiger partial charge in [-0.15, -0.1) is 0 Å². The molecule has 3 heterocycles. The Balaban J connectivity index is 1.39. The van der Waals surface area contributed by atoms with Crippen LogP contribution >= 0.6 is 0 Å². The summed E-state index contributed by atoms with van der Waals surface area (Å²) in [6.07, 6.45) is 0.958. The molecule has 208 valence electrons. The summed E-state index contributed by atoms with van der Waals surface area (Å²) in [5.41, 5.74) is 1.84. The minimum absolute atomic E-state index is 0.0395. The van der Waals surface area contributed by atoms with Crippen LogP contribution in [0.5, 0.6) is 34.5 Å². The number of hydrogen-bond donors (Lipinski definition) is 1. The molecule has 4 bridgehead atoms. The fraction of sp³-hybridized carbons (Fsp3) is 0.355. The molecule has 3 aliphatic rings. The molecule has 6 rings (SSSR count). The molecule has 40 heavy (non-hydrogen) atoms. The van der Waals surface area contributed by atoms with Crippen molar-refractivity contribution in [2.24, 2.45) is 5.41 Å². The molecule has 9 heteroatoms. The van der Waals surface area contributed by atoms with E-state index in [1.807, 2.05) is 47.4 Å². The number of methoxy groups -OCH3 is 3. The van der Waals surface area contributed by atoms with Gasteiger partial charge >= 0.3 is 0 Å². The zero-order chi connectivity index (χ0) is 27.9. The van der Waals surface area contributed by atoms with Crippen LogP contribution in [0, 0.1) is 5.41 Å². The average Bonchev–Trinajstić information content (AvgIpc) is 3.38. The maximum atomic E-state index is 14.0. The Labute approximate surface area is 232 Å². The van der Waals surface area contributed by atoms with Crippen molar-refractivity contribution in [3.05, 3.63) is 71.3 Å². The van der Waals surface area contributed by atoms with Crippen LogP contribution in [0.15, 0.2) is 54.6 Å². The number of rotatable bonds is 4. The molecule has 0 saturated carbocycles. The topological polar surface area (TPSA) is 95.6 Å². The van der Waals surface area contributed by atoms with Crippen molar-refractivity contribution in [1.29, 1.82) is 0 Å². The highest BCUT2D eigenvalue weighted by atomic mass is 16.5. The van der Waals surface area contributed by atoms with Crippen molar-refractivity contribution in [2.45, 2.75) is 18.8 Å². The summed E-state index contributed by atoms with van der Waals surface area (Å²) >= 11 is 0. The molecule has 1 fully saturated rings. The monoisotopic (exact) mass is 544 g/mol. The number of nitrogens with zero attached hydrogens (tertiary/aromatic N) is 1. The van der Waals surface area contributed by atoms with E-state index in [1.54, 1.807) is 12.1 Å². The first-order chi connectivity index (χ1) is 19.4. The lowest BCUT2D eigenvalue weighted by molar-refractivity contribution is -0.121. The molecule has 1 saturated heterocycles. The summed E-state index contributed by atoms with van der Waals surface area (Å²) in [6, 6.07) is 17.0. The van der Waals surface area contributed by atoms with Crippen molar-refractivity contribution >= 4 is 11.8 Å². The predicted molar refractivity (Wildman–Crippen MR) is 147 cm³/mol. The summed E-state index contributed by atoms with van der Waals surface area (Å²) in [5.74, 6) is 3.00. The molecule has 1 spiro atoms. The van der Waals surface area contributed by atoms with E-state index in [-0.39, 0.29) is 17.7 Å². The number of carbonyl (C=O) groups excluding carboxylic acids is 2. The molecule has 0 aromatic heterocycles. The van der Waals surface area contributed by atoms with Gasteiger partial charge in [-0.1, -0.05) is 24.3 Å². The minimum atomic E-state index is -0.515. The minimum Gasteiger partial charge on any atom is -0.496 e. The Morgan fingerprint density at radius 3 is 2.55 bits per heavy atom. The maximum absolute atomic E-state index is 14.0. The Bertz CT molecular complexity index is 1470. The van der Waals surface area contributed by atoms with Crippen LogP contribution in [-0.2, 0) is 11.2 Å². The van der Waals surface area contributed by atoms with Crippen LogP contribution in [0.4, 0.5) is 0 Å². The highest BCUT2D eigenvalue weighted by Gasteiger charge is 2.53. The van der Waals surface area contributed by atoms with E-state index in [2.05, 4.69) is 5.32 Å². The molecule has 0 aliphatic carbocycles. The summed E-state index contributed by atoms with van der Waals surface area (Å²) in [4.78, 5) is 28.8. The fourth-order valence-corrected chi connectivity index (χ4v) is 6.07. The van der Waals surface area contributed by atoms with Gasteiger partial charge in [0, 0.05) is 55.1 Å². The third kappa shape index (κ3) is 4.45. The lowest BCUT2D eigenvalue weighted by atomic mass is 9.73. The standard InChI is InChI=1S/C31H32N2O7/c1-36-25-14-27(38-3)26(37-2)13-22(25)30(35)33-15-23-21-8-5-9-24-29(21)39-18-31(23,17-33)16-32-28(34)11-10-19-6-4-7-20(12-19)40-24/h4-9,12-14,23H,10-11,15-18H2,1-3H3,(H,32,34)/t23-,31+/m1/s1. The number of carbonyl (C=O) groups is 2. The number of ether oxygens (including phenoxy) is 5. The predicted octanol–water partition coefficient (Wildman–Crippen LogP) is 4.19. The van der Waals surface area contributed by atoms with E-state index >= 15 is 0 Å². The number of fused-ring (bicyclic) bond motifs is 4. The Kier molecular flexibility index (Phi) is 6.65. The zero-order valence-corrected chi connectivity index (χ0v) is 22.8. The molecule has 9 nitrogen and oxygen atoms in total. The summed E-state index contributed by atoms with van der Waals surface area (Å²) in [5, 5.41) is 3.15. The SMILES string of the molecule is COc1cc(OC)c(C(=O)N2C[C@@H]3c4cccc5c4OC[C@]3(CNC(=O)CCc3cccc(c3)O5)C2)cc1OC. The summed E-state index contributed by atoms with van der Waals surface area (Å²) in [6.45, 7) is 1.56. The highest BCUT2D eigenvalue weighted by Crippen LogP contribution is 2.53. The number of para-hydroxylation sites is 1. The normalized spacial score (nSPS) is 21.3. The molecular weight excluding hydrogens is 512 g/mol.